The van der Waals surface area contributed by atoms with Crippen LogP contribution in [0.4, 0.5) is 5.82 Å². The molecule has 21 heavy (non-hydrogen) atoms. The van der Waals surface area contributed by atoms with E-state index in [9.17, 15) is 4.79 Å². The summed E-state index contributed by atoms with van der Waals surface area (Å²) in [6.07, 6.45) is 5.76. The molecule has 0 bridgehead atoms. The van der Waals surface area contributed by atoms with Crippen molar-refractivity contribution in [3.63, 3.8) is 0 Å². The van der Waals surface area contributed by atoms with Gasteiger partial charge in [-0.25, -0.2) is 4.98 Å². The number of carbonyl (C=O) groups is 1. The Morgan fingerprint density at radius 3 is 2.86 bits per heavy atom. The van der Waals surface area contributed by atoms with E-state index in [1.54, 1.807) is 12.1 Å². The van der Waals surface area contributed by atoms with Crippen molar-refractivity contribution in [3.8, 4) is 11.8 Å². The molecule has 1 heterocycles. The molecule has 1 aliphatic carbocycles. The molecule has 1 aromatic rings. The molecule has 1 aromatic heterocycles. The van der Waals surface area contributed by atoms with Gasteiger partial charge < -0.3 is 10.4 Å². The Kier molecular flexibility index (Phi) is 5.35. The predicted molar refractivity (Wildman–Crippen MR) is 82.6 cm³/mol. The highest BCUT2D eigenvalue weighted by atomic mass is 16.2. The van der Waals surface area contributed by atoms with Gasteiger partial charge in [0, 0.05) is 11.8 Å². The van der Waals surface area contributed by atoms with Crippen molar-refractivity contribution in [1.82, 2.24) is 4.98 Å². The Bertz CT molecular complexity index is 551. The molecule has 1 amide bonds. The molecule has 1 fully saturated rings. The van der Waals surface area contributed by atoms with Crippen molar-refractivity contribution in [3.05, 3.63) is 23.9 Å². The van der Waals surface area contributed by atoms with Crippen molar-refractivity contribution < 1.29 is 9.90 Å². The molecule has 4 heteroatoms. The third-order valence-corrected chi connectivity index (χ3v) is 3.95. The molecule has 2 N–H and O–H groups in total. The Morgan fingerprint density at radius 2 is 2.14 bits per heavy atom. The summed E-state index contributed by atoms with van der Waals surface area (Å²) in [5.41, 5.74) is 0.327. The molecule has 0 aliphatic heterocycles. The summed E-state index contributed by atoms with van der Waals surface area (Å²) >= 11 is 0. The van der Waals surface area contributed by atoms with Crippen LogP contribution in [0.3, 0.4) is 0 Å². The summed E-state index contributed by atoms with van der Waals surface area (Å²) in [5.74, 6) is 6.30. The Hall–Kier alpha value is -1.86. The van der Waals surface area contributed by atoms with Crippen molar-refractivity contribution in [1.29, 1.82) is 0 Å². The highest BCUT2D eigenvalue weighted by Gasteiger charge is 2.34. The summed E-state index contributed by atoms with van der Waals surface area (Å²) in [6, 6.07) is 5.40. The average Bonchev–Trinajstić information content (AvgIpc) is 2.49. The first kappa shape index (κ1) is 15.5. The maximum Gasteiger partial charge on any atom is 0.231 e. The van der Waals surface area contributed by atoms with Gasteiger partial charge in [-0.2, -0.15) is 0 Å². The van der Waals surface area contributed by atoms with E-state index < -0.39 is 0 Å². The largest absolute Gasteiger partial charge is 0.395 e. The van der Waals surface area contributed by atoms with Crippen LogP contribution in [0.5, 0.6) is 0 Å². The van der Waals surface area contributed by atoms with E-state index in [4.69, 9.17) is 5.11 Å². The normalized spacial score (nSPS) is 16.7. The minimum absolute atomic E-state index is 0.0434. The van der Waals surface area contributed by atoms with Gasteiger partial charge in [0.15, 0.2) is 0 Å². The molecule has 4 nitrogen and oxygen atoms in total. The van der Waals surface area contributed by atoms with E-state index >= 15 is 0 Å². The van der Waals surface area contributed by atoms with E-state index in [0.717, 1.165) is 25.7 Å². The quantitative estimate of drug-likeness (QED) is 0.840. The monoisotopic (exact) mass is 286 g/mol. The van der Waals surface area contributed by atoms with Crippen LogP contribution in [-0.2, 0) is 4.79 Å². The summed E-state index contributed by atoms with van der Waals surface area (Å²) in [5, 5.41) is 11.6. The van der Waals surface area contributed by atoms with Crippen LogP contribution in [0, 0.1) is 17.3 Å². The number of nitrogens with one attached hydrogen (secondary N) is 1. The van der Waals surface area contributed by atoms with Crippen LogP contribution in [0.25, 0.3) is 0 Å². The van der Waals surface area contributed by atoms with E-state index in [1.807, 2.05) is 13.0 Å². The first-order chi connectivity index (χ1) is 10.1. The summed E-state index contributed by atoms with van der Waals surface area (Å²) in [4.78, 5) is 16.8. The number of aromatic nitrogens is 1. The second-order valence-corrected chi connectivity index (χ2v) is 5.76. The lowest BCUT2D eigenvalue weighted by molar-refractivity contribution is -0.126. The molecule has 2 rings (SSSR count). The van der Waals surface area contributed by atoms with Gasteiger partial charge in [-0.1, -0.05) is 38.2 Å². The van der Waals surface area contributed by atoms with Crippen LogP contribution in [0.1, 0.15) is 51.1 Å². The number of carbonyl (C=O) groups excluding carboxylic acids is 1. The molecule has 0 unspecified atom stereocenters. The van der Waals surface area contributed by atoms with Crippen molar-refractivity contribution in [2.45, 2.75) is 45.4 Å². The second-order valence-electron chi connectivity index (χ2n) is 5.76. The highest BCUT2D eigenvalue weighted by Crippen LogP contribution is 2.36. The van der Waals surface area contributed by atoms with Crippen molar-refractivity contribution >= 4 is 11.7 Å². The fourth-order valence-electron chi connectivity index (χ4n) is 2.61. The van der Waals surface area contributed by atoms with Gasteiger partial charge in [0.05, 0.1) is 6.61 Å². The molecule has 1 aliphatic rings. The van der Waals surface area contributed by atoms with Gasteiger partial charge in [-0.15, -0.1) is 0 Å². The minimum atomic E-state index is -0.279. The molecule has 0 saturated heterocycles. The van der Waals surface area contributed by atoms with Crippen LogP contribution in [0.2, 0.25) is 0 Å². The Labute approximate surface area is 126 Å². The lowest BCUT2D eigenvalue weighted by Crippen LogP contribution is -2.35. The maximum atomic E-state index is 12.4. The average molecular weight is 286 g/mol. The number of amides is 1. The minimum Gasteiger partial charge on any atom is -0.395 e. The van der Waals surface area contributed by atoms with Gasteiger partial charge in [0.2, 0.25) is 5.91 Å². The van der Waals surface area contributed by atoms with Crippen LogP contribution < -0.4 is 5.32 Å². The van der Waals surface area contributed by atoms with Gasteiger partial charge in [0.1, 0.15) is 11.5 Å². The Balaban J connectivity index is 2.04. The van der Waals surface area contributed by atoms with E-state index in [0.29, 0.717) is 17.9 Å². The molecular weight excluding hydrogens is 264 g/mol. The highest BCUT2D eigenvalue weighted by molar-refractivity contribution is 5.94. The summed E-state index contributed by atoms with van der Waals surface area (Å²) in [7, 11) is 0. The standard InChI is InChI=1S/C17H22N2O2/c1-17(11-4-2-5-12-17)16(21)19-15-10-7-9-14(18-15)8-3-6-13-20/h7,9-10,20H,2,4-6,11-13H2,1H3,(H,18,19,21). The molecule has 0 spiro atoms. The number of rotatable bonds is 3. The van der Waals surface area contributed by atoms with Crippen LogP contribution >= 0.6 is 0 Å². The molecule has 1 saturated carbocycles. The molecular formula is C17H22N2O2. The molecule has 112 valence electrons. The van der Waals surface area contributed by atoms with E-state index in [1.165, 1.54) is 6.42 Å². The second kappa shape index (κ2) is 7.24. The van der Waals surface area contributed by atoms with Crippen LogP contribution in [0.15, 0.2) is 18.2 Å². The fourth-order valence-corrected chi connectivity index (χ4v) is 2.61. The van der Waals surface area contributed by atoms with Crippen molar-refractivity contribution in [2.24, 2.45) is 5.41 Å². The number of aliphatic hydroxyl groups excluding tert-OH is 1. The zero-order chi connectivity index (χ0) is 15.1. The first-order valence-electron chi connectivity index (χ1n) is 7.52. The topological polar surface area (TPSA) is 62.2 Å². The third kappa shape index (κ3) is 4.30. The number of hydrogen-bond acceptors (Lipinski definition) is 3. The number of anilines is 1. The zero-order valence-corrected chi connectivity index (χ0v) is 12.5. The predicted octanol–water partition coefficient (Wildman–Crippen LogP) is 2.72. The third-order valence-electron chi connectivity index (χ3n) is 3.95. The number of pyridine rings is 1. The summed E-state index contributed by atoms with van der Waals surface area (Å²) in [6.45, 7) is 2.08. The number of aliphatic hydroxyl groups is 1. The lowest BCUT2D eigenvalue weighted by Gasteiger charge is -2.31. The molecule has 0 aromatic carbocycles. The smallest absolute Gasteiger partial charge is 0.231 e. The van der Waals surface area contributed by atoms with E-state index in [2.05, 4.69) is 22.1 Å². The number of hydrogen-bond donors (Lipinski definition) is 2. The zero-order valence-electron chi connectivity index (χ0n) is 12.5. The SMILES string of the molecule is CC1(C(=O)Nc2cccc(C#CCCO)n2)CCCCC1. The first-order valence-corrected chi connectivity index (χ1v) is 7.52. The van der Waals surface area contributed by atoms with Crippen molar-refractivity contribution in [2.75, 3.05) is 11.9 Å². The molecule has 0 radical (unpaired) electrons. The number of nitrogens with zero attached hydrogens (tertiary/aromatic N) is 1. The van der Waals surface area contributed by atoms with Gasteiger partial charge >= 0.3 is 0 Å². The van der Waals surface area contributed by atoms with E-state index in [-0.39, 0.29) is 17.9 Å². The Morgan fingerprint density at radius 1 is 1.38 bits per heavy atom. The van der Waals surface area contributed by atoms with Gasteiger partial charge in [-0.05, 0) is 30.9 Å². The van der Waals surface area contributed by atoms with Gasteiger partial charge in [-0.3, -0.25) is 4.79 Å². The lowest BCUT2D eigenvalue weighted by atomic mass is 9.75. The van der Waals surface area contributed by atoms with Gasteiger partial charge in [0.25, 0.3) is 0 Å². The fraction of sp³-hybridized carbons (Fsp3) is 0.529. The molecule has 0 atom stereocenters. The summed E-state index contributed by atoms with van der Waals surface area (Å²) < 4.78 is 0. The maximum absolute atomic E-state index is 12.4. The van der Waals surface area contributed by atoms with Crippen LogP contribution in [-0.4, -0.2) is 22.6 Å².